The summed E-state index contributed by atoms with van der Waals surface area (Å²) in [5, 5.41) is 0. The van der Waals surface area contributed by atoms with Gasteiger partial charge in [0, 0.05) is 16.3 Å². The normalized spacial score (nSPS) is 10.4. The van der Waals surface area contributed by atoms with Crippen LogP contribution in [-0.2, 0) is 0 Å². The van der Waals surface area contributed by atoms with Crippen LogP contribution in [0.2, 0.25) is 0 Å². The Kier molecular flexibility index (Phi) is 4.97. The summed E-state index contributed by atoms with van der Waals surface area (Å²) in [7, 11) is 0. The highest BCUT2D eigenvalue weighted by Gasteiger charge is 2.02. The standard InChI is InChI=1S/C17H14BrNO/c1-3-10-20-17-9-6-15(18)11-14(17)12-19-16-7-4-13(2)5-8-16/h1,4-9,11-12H,10H2,2H3. The molecule has 0 aliphatic carbocycles. The second-order valence-electron chi connectivity index (χ2n) is 4.27. The Balaban J connectivity index is 2.25. The van der Waals surface area contributed by atoms with Gasteiger partial charge in [0.25, 0.3) is 0 Å². The minimum absolute atomic E-state index is 0.243. The van der Waals surface area contributed by atoms with Gasteiger partial charge in [-0.1, -0.05) is 39.5 Å². The van der Waals surface area contributed by atoms with Crippen molar-refractivity contribution < 1.29 is 4.74 Å². The number of hydrogen-bond donors (Lipinski definition) is 0. The maximum absolute atomic E-state index is 5.50. The van der Waals surface area contributed by atoms with E-state index in [0.717, 1.165) is 21.5 Å². The number of rotatable bonds is 4. The molecular formula is C17H14BrNO. The maximum atomic E-state index is 5.50. The average Bonchev–Trinajstić information content (AvgIpc) is 2.46. The second-order valence-corrected chi connectivity index (χ2v) is 5.18. The van der Waals surface area contributed by atoms with Crippen molar-refractivity contribution >= 4 is 27.8 Å². The molecule has 0 aromatic heterocycles. The molecule has 100 valence electrons. The van der Waals surface area contributed by atoms with Gasteiger partial charge >= 0.3 is 0 Å². The van der Waals surface area contributed by atoms with Crippen molar-refractivity contribution in [3.63, 3.8) is 0 Å². The fourth-order valence-corrected chi connectivity index (χ4v) is 2.02. The van der Waals surface area contributed by atoms with Gasteiger partial charge in [-0.05, 0) is 37.3 Å². The summed E-state index contributed by atoms with van der Waals surface area (Å²) in [6, 6.07) is 13.8. The minimum atomic E-state index is 0.243. The molecule has 0 fully saturated rings. The van der Waals surface area contributed by atoms with Crippen LogP contribution < -0.4 is 4.74 Å². The van der Waals surface area contributed by atoms with E-state index in [2.05, 4.69) is 26.8 Å². The van der Waals surface area contributed by atoms with E-state index in [0.29, 0.717) is 0 Å². The van der Waals surface area contributed by atoms with E-state index >= 15 is 0 Å². The Morgan fingerprint density at radius 1 is 1.25 bits per heavy atom. The Hall–Kier alpha value is -2.05. The SMILES string of the molecule is C#CCOc1ccc(Br)cc1C=Nc1ccc(C)cc1. The van der Waals surface area contributed by atoms with Crippen molar-refractivity contribution in [1.29, 1.82) is 0 Å². The van der Waals surface area contributed by atoms with Crippen LogP contribution >= 0.6 is 15.9 Å². The predicted molar refractivity (Wildman–Crippen MR) is 86.9 cm³/mol. The molecule has 0 aliphatic heterocycles. The first kappa shape index (κ1) is 14.4. The van der Waals surface area contributed by atoms with Gasteiger partial charge in [0.2, 0.25) is 0 Å². The molecule has 0 saturated heterocycles. The number of terminal acetylenes is 1. The minimum Gasteiger partial charge on any atom is -0.480 e. The summed E-state index contributed by atoms with van der Waals surface area (Å²) in [5.74, 6) is 3.18. The second kappa shape index (κ2) is 6.93. The molecule has 2 aromatic carbocycles. The third-order valence-corrected chi connectivity index (χ3v) is 3.16. The van der Waals surface area contributed by atoms with E-state index in [4.69, 9.17) is 11.2 Å². The number of hydrogen-bond acceptors (Lipinski definition) is 2. The van der Waals surface area contributed by atoms with Crippen LogP contribution in [-0.4, -0.2) is 12.8 Å². The number of nitrogens with zero attached hydrogens (tertiary/aromatic N) is 1. The molecule has 0 aliphatic rings. The number of aliphatic imine (C=N–C) groups is 1. The van der Waals surface area contributed by atoms with Crippen LogP contribution in [0.1, 0.15) is 11.1 Å². The van der Waals surface area contributed by atoms with Crippen molar-refractivity contribution in [3.05, 3.63) is 58.1 Å². The van der Waals surface area contributed by atoms with Crippen LogP contribution in [0.5, 0.6) is 5.75 Å². The summed E-state index contributed by atoms with van der Waals surface area (Å²) in [6.45, 7) is 2.29. The van der Waals surface area contributed by atoms with Crippen molar-refractivity contribution in [2.24, 2.45) is 4.99 Å². The molecule has 0 N–H and O–H groups in total. The van der Waals surface area contributed by atoms with Crippen LogP contribution in [0.15, 0.2) is 51.9 Å². The summed E-state index contributed by atoms with van der Waals surface area (Å²) >= 11 is 3.44. The summed E-state index contributed by atoms with van der Waals surface area (Å²) in [6.07, 6.45) is 7.00. The van der Waals surface area contributed by atoms with Crippen LogP contribution in [0.3, 0.4) is 0 Å². The Morgan fingerprint density at radius 3 is 2.70 bits per heavy atom. The molecule has 0 bridgehead atoms. The molecule has 2 rings (SSSR count). The molecule has 2 aromatic rings. The van der Waals surface area contributed by atoms with Gasteiger partial charge in [-0.15, -0.1) is 6.42 Å². The van der Waals surface area contributed by atoms with Crippen molar-refractivity contribution in [1.82, 2.24) is 0 Å². The lowest BCUT2D eigenvalue weighted by Crippen LogP contribution is -1.97. The topological polar surface area (TPSA) is 21.6 Å². The largest absolute Gasteiger partial charge is 0.480 e. The first-order valence-electron chi connectivity index (χ1n) is 6.15. The van der Waals surface area contributed by atoms with E-state index in [1.54, 1.807) is 6.21 Å². The van der Waals surface area contributed by atoms with Gasteiger partial charge < -0.3 is 4.74 Å². The molecule has 0 radical (unpaired) electrons. The summed E-state index contributed by atoms with van der Waals surface area (Å²) in [5.41, 5.74) is 3.00. The van der Waals surface area contributed by atoms with Crippen molar-refractivity contribution in [2.45, 2.75) is 6.92 Å². The lowest BCUT2D eigenvalue weighted by molar-refractivity contribution is 0.370. The monoisotopic (exact) mass is 327 g/mol. The van der Waals surface area contributed by atoms with Gasteiger partial charge in [-0.2, -0.15) is 0 Å². The van der Waals surface area contributed by atoms with Crippen LogP contribution in [0.25, 0.3) is 0 Å². The lowest BCUT2D eigenvalue weighted by atomic mass is 10.2. The predicted octanol–water partition coefficient (Wildman–Crippen LogP) is 4.52. The maximum Gasteiger partial charge on any atom is 0.148 e. The number of ether oxygens (including phenoxy) is 1. The molecule has 0 amide bonds. The van der Waals surface area contributed by atoms with Gasteiger partial charge in [-0.25, -0.2) is 0 Å². The molecule has 3 heteroatoms. The molecule has 20 heavy (non-hydrogen) atoms. The van der Waals surface area contributed by atoms with Gasteiger partial charge in [0.05, 0.1) is 5.69 Å². The number of aryl methyl sites for hydroxylation is 1. The molecule has 0 heterocycles. The fraction of sp³-hybridized carbons (Fsp3) is 0.118. The van der Waals surface area contributed by atoms with E-state index in [1.165, 1.54) is 5.56 Å². The zero-order chi connectivity index (χ0) is 14.4. The van der Waals surface area contributed by atoms with E-state index in [-0.39, 0.29) is 6.61 Å². The molecule has 0 saturated carbocycles. The first-order chi connectivity index (χ1) is 9.69. The highest BCUT2D eigenvalue weighted by molar-refractivity contribution is 9.10. The summed E-state index contributed by atoms with van der Waals surface area (Å²) < 4.78 is 6.47. The average molecular weight is 328 g/mol. The molecular weight excluding hydrogens is 314 g/mol. The summed E-state index contributed by atoms with van der Waals surface area (Å²) in [4.78, 5) is 4.45. The lowest BCUT2D eigenvalue weighted by Gasteiger charge is -2.06. The van der Waals surface area contributed by atoms with E-state index in [1.807, 2.05) is 49.4 Å². The van der Waals surface area contributed by atoms with Gasteiger partial charge in [-0.3, -0.25) is 4.99 Å². The number of halogens is 1. The Labute approximate surface area is 127 Å². The van der Waals surface area contributed by atoms with Crippen molar-refractivity contribution in [2.75, 3.05) is 6.61 Å². The Bertz CT molecular complexity index is 654. The van der Waals surface area contributed by atoms with Crippen LogP contribution in [0, 0.1) is 19.3 Å². The third kappa shape index (κ3) is 3.97. The molecule has 0 spiro atoms. The quantitative estimate of drug-likeness (QED) is 0.597. The van der Waals surface area contributed by atoms with Gasteiger partial charge in [0.15, 0.2) is 0 Å². The van der Waals surface area contributed by atoms with Gasteiger partial charge in [0.1, 0.15) is 12.4 Å². The van der Waals surface area contributed by atoms with Crippen LogP contribution in [0.4, 0.5) is 5.69 Å². The molecule has 0 atom stereocenters. The van der Waals surface area contributed by atoms with Crippen molar-refractivity contribution in [3.8, 4) is 18.1 Å². The fourth-order valence-electron chi connectivity index (χ4n) is 1.65. The zero-order valence-electron chi connectivity index (χ0n) is 11.1. The Morgan fingerprint density at radius 2 is 2.00 bits per heavy atom. The third-order valence-electron chi connectivity index (χ3n) is 2.67. The highest BCUT2D eigenvalue weighted by atomic mass is 79.9. The van der Waals surface area contributed by atoms with E-state index < -0.39 is 0 Å². The molecule has 2 nitrogen and oxygen atoms in total. The van der Waals surface area contributed by atoms with E-state index in [9.17, 15) is 0 Å². The number of benzene rings is 2. The molecule has 0 unspecified atom stereocenters. The highest BCUT2D eigenvalue weighted by Crippen LogP contribution is 2.23. The smallest absolute Gasteiger partial charge is 0.148 e. The first-order valence-corrected chi connectivity index (χ1v) is 6.95. The zero-order valence-corrected chi connectivity index (χ0v) is 12.7.